The molecule has 1 aliphatic heterocycles. The van der Waals surface area contributed by atoms with Crippen LogP contribution in [0, 0.1) is 6.92 Å². The highest BCUT2D eigenvalue weighted by molar-refractivity contribution is 7.12. The Morgan fingerprint density at radius 1 is 1.24 bits per heavy atom. The van der Waals surface area contributed by atoms with E-state index in [4.69, 9.17) is 0 Å². The maximum atomic E-state index is 12.6. The molecule has 0 N–H and O–H groups in total. The molecule has 0 spiro atoms. The van der Waals surface area contributed by atoms with Crippen LogP contribution in [0.15, 0.2) is 47.5 Å². The molecule has 108 valence electrons. The number of carbonyl (C=O) groups excluding carboxylic acids is 1. The number of rotatable bonds is 2. The van der Waals surface area contributed by atoms with Gasteiger partial charge in [-0.3, -0.25) is 4.79 Å². The van der Waals surface area contributed by atoms with Crippen molar-refractivity contribution in [2.75, 3.05) is 11.9 Å². The first kappa shape index (κ1) is 14.1. The van der Waals surface area contributed by atoms with E-state index in [9.17, 15) is 4.79 Å². The zero-order valence-electron chi connectivity index (χ0n) is 12.8. The Labute approximate surface area is 129 Å². The fourth-order valence-electron chi connectivity index (χ4n) is 3.07. The van der Waals surface area contributed by atoms with E-state index in [0.29, 0.717) is 0 Å². The summed E-state index contributed by atoms with van der Waals surface area (Å²) in [6.07, 6.45) is 1.80. The lowest BCUT2D eigenvalue weighted by atomic mass is 9.83. The molecule has 0 amide bonds. The van der Waals surface area contributed by atoms with Crippen molar-refractivity contribution in [3.63, 3.8) is 0 Å². The highest BCUT2D eigenvalue weighted by Gasteiger charge is 2.38. The lowest BCUT2D eigenvalue weighted by Gasteiger charge is -2.23. The van der Waals surface area contributed by atoms with E-state index in [2.05, 4.69) is 36.9 Å². The molecule has 0 atom stereocenters. The van der Waals surface area contributed by atoms with Crippen LogP contribution in [0.4, 0.5) is 5.69 Å². The molecule has 0 bridgehead atoms. The molecule has 1 aromatic carbocycles. The van der Waals surface area contributed by atoms with E-state index in [0.717, 1.165) is 16.1 Å². The maximum absolute atomic E-state index is 12.6. The molecule has 2 nitrogen and oxygen atoms in total. The molecular weight excluding hydrogens is 278 g/mol. The molecule has 0 saturated carbocycles. The van der Waals surface area contributed by atoms with Gasteiger partial charge in [-0.25, -0.2) is 0 Å². The minimum absolute atomic E-state index is 0.102. The first-order valence-corrected chi connectivity index (χ1v) is 7.94. The normalized spacial score (nSPS) is 18.1. The zero-order valence-corrected chi connectivity index (χ0v) is 13.6. The highest BCUT2D eigenvalue weighted by Crippen LogP contribution is 2.46. The summed E-state index contributed by atoms with van der Waals surface area (Å²) in [5.41, 5.74) is 4.42. The predicted molar refractivity (Wildman–Crippen MR) is 89.3 cm³/mol. The molecule has 1 aromatic heterocycles. The number of para-hydroxylation sites is 1. The molecule has 0 aliphatic carbocycles. The SMILES string of the molecule is Cc1ccsc1C(=O)C=C1N(C)c2ccccc2C1(C)C. The molecule has 0 saturated heterocycles. The van der Waals surface area contributed by atoms with Crippen molar-refractivity contribution in [2.45, 2.75) is 26.2 Å². The molecule has 2 aromatic rings. The first-order valence-electron chi connectivity index (χ1n) is 7.07. The van der Waals surface area contributed by atoms with Crippen LogP contribution in [-0.4, -0.2) is 12.8 Å². The number of fused-ring (bicyclic) bond motifs is 1. The van der Waals surface area contributed by atoms with E-state index >= 15 is 0 Å². The lowest BCUT2D eigenvalue weighted by molar-refractivity contribution is 0.104. The van der Waals surface area contributed by atoms with Crippen molar-refractivity contribution < 1.29 is 4.79 Å². The van der Waals surface area contributed by atoms with Gasteiger partial charge >= 0.3 is 0 Å². The second-order valence-electron chi connectivity index (χ2n) is 6.03. The molecule has 3 rings (SSSR count). The maximum Gasteiger partial charge on any atom is 0.197 e. The number of likely N-dealkylation sites (N-methyl/N-ethyl adjacent to an activating group) is 1. The van der Waals surface area contributed by atoms with Gasteiger partial charge in [0.2, 0.25) is 0 Å². The summed E-state index contributed by atoms with van der Waals surface area (Å²) >= 11 is 1.51. The lowest BCUT2D eigenvalue weighted by Crippen LogP contribution is -2.24. The summed E-state index contributed by atoms with van der Waals surface area (Å²) < 4.78 is 0. The van der Waals surface area contributed by atoms with Gasteiger partial charge in [0.25, 0.3) is 0 Å². The number of benzene rings is 1. The number of thiophene rings is 1. The number of carbonyl (C=O) groups is 1. The van der Waals surface area contributed by atoms with Crippen LogP contribution >= 0.6 is 11.3 Å². The number of allylic oxidation sites excluding steroid dienone is 2. The Morgan fingerprint density at radius 3 is 2.57 bits per heavy atom. The summed E-state index contributed by atoms with van der Waals surface area (Å²) in [7, 11) is 2.04. The van der Waals surface area contributed by atoms with E-state index in [1.165, 1.54) is 22.6 Å². The van der Waals surface area contributed by atoms with Crippen molar-refractivity contribution in [3.8, 4) is 0 Å². The summed E-state index contributed by atoms with van der Waals surface area (Å²) in [4.78, 5) is 15.5. The van der Waals surface area contributed by atoms with Gasteiger partial charge in [0.05, 0.1) is 4.88 Å². The van der Waals surface area contributed by atoms with Gasteiger partial charge in [0, 0.05) is 29.9 Å². The Balaban J connectivity index is 2.06. The summed E-state index contributed by atoms with van der Waals surface area (Å²) in [5.74, 6) is 0.102. The third-order valence-electron chi connectivity index (χ3n) is 4.29. The van der Waals surface area contributed by atoms with Gasteiger partial charge < -0.3 is 4.90 Å². The summed E-state index contributed by atoms with van der Waals surface area (Å²) in [6, 6.07) is 10.4. The van der Waals surface area contributed by atoms with Crippen LogP contribution in [0.25, 0.3) is 0 Å². The third kappa shape index (κ3) is 2.12. The van der Waals surface area contributed by atoms with Crippen LogP contribution in [0.1, 0.15) is 34.6 Å². The average molecular weight is 297 g/mol. The minimum Gasteiger partial charge on any atom is -0.347 e. The van der Waals surface area contributed by atoms with Crippen molar-refractivity contribution in [1.82, 2.24) is 0 Å². The molecule has 2 heterocycles. The Morgan fingerprint density at radius 2 is 1.95 bits per heavy atom. The third-order valence-corrected chi connectivity index (χ3v) is 5.33. The minimum atomic E-state index is -0.147. The largest absolute Gasteiger partial charge is 0.347 e. The standard InChI is InChI=1S/C18H19NOS/c1-12-9-10-21-17(12)15(20)11-16-18(2,3)13-7-5-6-8-14(13)19(16)4/h5-11H,1-4H3. The van der Waals surface area contributed by atoms with E-state index < -0.39 is 0 Å². The van der Waals surface area contributed by atoms with Gasteiger partial charge in [-0.1, -0.05) is 32.0 Å². The number of nitrogens with zero attached hydrogens (tertiary/aromatic N) is 1. The fraction of sp³-hybridized carbons (Fsp3) is 0.278. The Hall–Kier alpha value is -1.87. The van der Waals surface area contributed by atoms with Gasteiger partial charge in [-0.2, -0.15) is 0 Å². The molecule has 1 aliphatic rings. The van der Waals surface area contributed by atoms with E-state index in [-0.39, 0.29) is 11.2 Å². The molecule has 0 fully saturated rings. The van der Waals surface area contributed by atoms with Gasteiger partial charge in [0.15, 0.2) is 5.78 Å². The zero-order chi connectivity index (χ0) is 15.2. The molecule has 0 radical (unpaired) electrons. The van der Waals surface area contributed by atoms with E-state index in [1.54, 1.807) is 6.08 Å². The first-order chi connectivity index (χ1) is 9.93. The van der Waals surface area contributed by atoms with Crippen molar-refractivity contribution >= 4 is 22.8 Å². The second kappa shape index (κ2) is 4.85. The second-order valence-corrected chi connectivity index (χ2v) is 6.94. The molecular formula is C18H19NOS. The number of anilines is 1. The number of hydrogen-bond donors (Lipinski definition) is 0. The smallest absolute Gasteiger partial charge is 0.197 e. The average Bonchev–Trinajstić information content (AvgIpc) is 2.96. The Bertz CT molecular complexity index is 739. The van der Waals surface area contributed by atoms with Crippen molar-refractivity contribution in [1.29, 1.82) is 0 Å². The number of hydrogen-bond acceptors (Lipinski definition) is 3. The van der Waals surface area contributed by atoms with Gasteiger partial charge in [-0.05, 0) is 35.6 Å². The van der Waals surface area contributed by atoms with Crippen LogP contribution in [0.2, 0.25) is 0 Å². The predicted octanol–water partition coefficient (Wildman–Crippen LogP) is 4.55. The van der Waals surface area contributed by atoms with Crippen LogP contribution < -0.4 is 4.90 Å². The highest BCUT2D eigenvalue weighted by atomic mass is 32.1. The molecule has 0 unspecified atom stereocenters. The number of ketones is 1. The summed E-state index contributed by atoms with van der Waals surface area (Å²) in [6.45, 7) is 6.34. The Kier molecular flexibility index (Phi) is 3.25. The molecule has 3 heteroatoms. The van der Waals surface area contributed by atoms with E-state index in [1.807, 2.05) is 31.5 Å². The quantitative estimate of drug-likeness (QED) is 0.598. The van der Waals surface area contributed by atoms with Gasteiger partial charge in [-0.15, -0.1) is 11.3 Å². The van der Waals surface area contributed by atoms with Gasteiger partial charge in [0.1, 0.15) is 0 Å². The fourth-order valence-corrected chi connectivity index (χ4v) is 3.91. The van der Waals surface area contributed by atoms with Crippen LogP contribution in [0.3, 0.4) is 0 Å². The summed E-state index contributed by atoms with van der Waals surface area (Å²) in [5, 5.41) is 1.97. The van der Waals surface area contributed by atoms with Crippen molar-refractivity contribution in [2.24, 2.45) is 0 Å². The van der Waals surface area contributed by atoms with Crippen molar-refractivity contribution in [3.05, 3.63) is 63.5 Å². The van der Waals surface area contributed by atoms with Crippen LogP contribution in [0.5, 0.6) is 0 Å². The topological polar surface area (TPSA) is 20.3 Å². The number of aryl methyl sites for hydroxylation is 1. The molecule has 21 heavy (non-hydrogen) atoms. The monoisotopic (exact) mass is 297 g/mol. The van der Waals surface area contributed by atoms with Crippen LogP contribution in [-0.2, 0) is 5.41 Å².